The number of nitrogens with one attached hydrogen (secondary N) is 1. The Morgan fingerprint density at radius 1 is 1.19 bits per heavy atom. The summed E-state index contributed by atoms with van der Waals surface area (Å²) in [5, 5.41) is 11.4. The molecular formula is C11H14N2O3. The molecule has 86 valence electrons. The third-order valence-electron chi connectivity index (χ3n) is 2.02. The highest BCUT2D eigenvalue weighted by atomic mass is 16.3. The van der Waals surface area contributed by atoms with E-state index in [0.717, 1.165) is 5.56 Å². The molecule has 1 aromatic carbocycles. The minimum atomic E-state index is -0.495. The lowest BCUT2D eigenvalue weighted by Gasteiger charge is -2.04. The van der Waals surface area contributed by atoms with E-state index in [2.05, 4.69) is 5.32 Å². The molecule has 0 saturated carbocycles. The Hall–Kier alpha value is -1.88. The topological polar surface area (TPSA) is 92.4 Å². The maximum Gasteiger partial charge on any atom is 0.224 e. The van der Waals surface area contributed by atoms with Gasteiger partial charge in [-0.3, -0.25) is 9.59 Å². The zero-order valence-electron chi connectivity index (χ0n) is 8.77. The lowest BCUT2D eigenvalue weighted by Crippen LogP contribution is -2.17. The fourth-order valence-electron chi connectivity index (χ4n) is 1.15. The summed E-state index contributed by atoms with van der Waals surface area (Å²) in [7, 11) is 0. The molecule has 0 atom stereocenters. The number of nitrogens with two attached hydrogens (primary N) is 1. The molecule has 0 aliphatic rings. The molecule has 5 heteroatoms. The van der Waals surface area contributed by atoms with E-state index in [1.807, 2.05) is 0 Å². The first-order valence-corrected chi connectivity index (χ1v) is 4.90. The van der Waals surface area contributed by atoms with Gasteiger partial charge in [-0.15, -0.1) is 0 Å². The van der Waals surface area contributed by atoms with Gasteiger partial charge in [0.15, 0.2) is 0 Å². The van der Waals surface area contributed by atoms with Gasteiger partial charge in [-0.2, -0.15) is 0 Å². The minimum Gasteiger partial charge on any atom is -0.392 e. The molecule has 0 bridgehead atoms. The van der Waals surface area contributed by atoms with Crippen molar-refractivity contribution in [3.8, 4) is 0 Å². The molecular weight excluding hydrogens is 208 g/mol. The van der Waals surface area contributed by atoms with E-state index in [1.54, 1.807) is 24.3 Å². The highest BCUT2D eigenvalue weighted by molar-refractivity contribution is 5.92. The van der Waals surface area contributed by atoms with Crippen molar-refractivity contribution in [3.05, 3.63) is 29.8 Å². The summed E-state index contributed by atoms with van der Waals surface area (Å²) in [6, 6.07) is 6.80. The molecule has 2 amide bonds. The molecule has 0 heterocycles. The number of aliphatic hydroxyl groups excluding tert-OH is 1. The summed E-state index contributed by atoms with van der Waals surface area (Å²) in [6.45, 7) is -0.0318. The minimum absolute atomic E-state index is 0.0318. The van der Waals surface area contributed by atoms with Crippen molar-refractivity contribution in [2.75, 3.05) is 5.32 Å². The number of primary amides is 1. The van der Waals surface area contributed by atoms with Crippen LogP contribution in [0.4, 0.5) is 5.69 Å². The number of amides is 2. The Kier molecular flexibility index (Phi) is 4.47. The predicted octanol–water partition coefficient (Wildman–Crippen LogP) is 0.383. The van der Waals surface area contributed by atoms with Crippen LogP contribution in [0.5, 0.6) is 0 Å². The van der Waals surface area contributed by atoms with E-state index in [9.17, 15) is 9.59 Å². The van der Waals surface area contributed by atoms with Crippen LogP contribution in [0.3, 0.4) is 0 Å². The monoisotopic (exact) mass is 222 g/mol. The average Bonchev–Trinajstić information content (AvgIpc) is 2.27. The van der Waals surface area contributed by atoms with Crippen molar-refractivity contribution in [1.29, 1.82) is 0 Å². The molecule has 16 heavy (non-hydrogen) atoms. The maximum absolute atomic E-state index is 11.3. The molecule has 1 aromatic rings. The highest BCUT2D eigenvalue weighted by Crippen LogP contribution is 2.09. The van der Waals surface area contributed by atoms with Gasteiger partial charge in [-0.05, 0) is 17.7 Å². The fraction of sp³-hybridized carbons (Fsp3) is 0.273. The van der Waals surface area contributed by atoms with Crippen LogP contribution in [0.2, 0.25) is 0 Å². The molecule has 0 unspecified atom stereocenters. The van der Waals surface area contributed by atoms with Crippen molar-refractivity contribution in [3.63, 3.8) is 0 Å². The number of hydrogen-bond acceptors (Lipinski definition) is 3. The molecule has 0 spiro atoms. The summed E-state index contributed by atoms with van der Waals surface area (Å²) in [6.07, 6.45) is 0.123. The first-order valence-electron chi connectivity index (χ1n) is 4.90. The van der Waals surface area contributed by atoms with Gasteiger partial charge in [0, 0.05) is 18.5 Å². The van der Waals surface area contributed by atoms with Crippen molar-refractivity contribution < 1.29 is 14.7 Å². The van der Waals surface area contributed by atoms with Crippen molar-refractivity contribution in [2.24, 2.45) is 5.73 Å². The normalized spacial score (nSPS) is 9.81. The molecule has 0 aromatic heterocycles. The number of carbonyl (C=O) groups is 2. The van der Waals surface area contributed by atoms with Gasteiger partial charge in [-0.25, -0.2) is 0 Å². The summed E-state index contributed by atoms with van der Waals surface area (Å²) in [5.74, 6) is -0.749. The number of benzene rings is 1. The zero-order chi connectivity index (χ0) is 12.0. The maximum atomic E-state index is 11.3. The van der Waals surface area contributed by atoms with Crippen LogP contribution in [0, 0.1) is 0 Å². The Labute approximate surface area is 93.3 Å². The van der Waals surface area contributed by atoms with Gasteiger partial charge in [0.1, 0.15) is 0 Å². The van der Waals surface area contributed by atoms with E-state index >= 15 is 0 Å². The second-order valence-electron chi connectivity index (χ2n) is 3.37. The summed E-state index contributed by atoms with van der Waals surface area (Å²) >= 11 is 0. The van der Waals surface area contributed by atoms with Gasteiger partial charge in [0.25, 0.3) is 0 Å². The molecule has 0 aliphatic carbocycles. The lowest BCUT2D eigenvalue weighted by molar-refractivity contribution is -0.122. The van der Waals surface area contributed by atoms with Gasteiger partial charge in [0.2, 0.25) is 11.8 Å². The number of aliphatic hydroxyl groups is 1. The third-order valence-corrected chi connectivity index (χ3v) is 2.02. The number of rotatable bonds is 5. The Balaban J connectivity index is 2.46. The first-order chi connectivity index (χ1) is 7.61. The second kappa shape index (κ2) is 5.87. The Morgan fingerprint density at radius 3 is 2.31 bits per heavy atom. The van der Waals surface area contributed by atoms with Crippen LogP contribution in [-0.2, 0) is 16.2 Å². The zero-order valence-corrected chi connectivity index (χ0v) is 8.77. The summed E-state index contributed by atoms with van der Waals surface area (Å²) in [5.41, 5.74) is 6.33. The van der Waals surface area contributed by atoms with Crippen LogP contribution in [-0.4, -0.2) is 16.9 Å². The third kappa shape index (κ3) is 4.10. The number of carbonyl (C=O) groups excluding carboxylic acids is 2. The lowest BCUT2D eigenvalue weighted by atomic mass is 10.2. The van der Waals surface area contributed by atoms with Crippen LogP contribution in [0.25, 0.3) is 0 Å². The molecule has 1 rings (SSSR count). The van der Waals surface area contributed by atoms with Crippen LogP contribution in [0.15, 0.2) is 24.3 Å². The van der Waals surface area contributed by atoms with E-state index < -0.39 is 5.91 Å². The van der Waals surface area contributed by atoms with Crippen molar-refractivity contribution >= 4 is 17.5 Å². The highest BCUT2D eigenvalue weighted by Gasteiger charge is 2.04. The van der Waals surface area contributed by atoms with Crippen LogP contribution in [0.1, 0.15) is 18.4 Å². The molecule has 4 N–H and O–H groups in total. The van der Waals surface area contributed by atoms with Crippen LogP contribution < -0.4 is 11.1 Å². The van der Waals surface area contributed by atoms with E-state index in [1.165, 1.54) is 0 Å². The molecule has 0 saturated heterocycles. The van der Waals surface area contributed by atoms with Gasteiger partial charge in [0.05, 0.1) is 6.61 Å². The van der Waals surface area contributed by atoms with Gasteiger partial charge < -0.3 is 16.2 Å². The molecule has 0 fully saturated rings. The first kappa shape index (κ1) is 12.2. The molecule has 0 aliphatic heterocycles. The second-order valence-corrected chi connectivity index (χ2v) is 3.37. The van der Waals surface area contributed by atoms with E-state index in [4.69, 9.17) is 10.8 Å². The van der Waals surface area contributed by atoms with Crippen molar-refractivity contribution in [1.82, 2.24) is 0 Å². The number of anilines is 1. The smallest absolute Gasteiger partial charge is 0.224 e. The predicted molar refractivity (Wildman–Crippen MR) is 59.4 cm³/mol. The molecule has 5 nitrogen and oxygen atoms in total. The Bertz CT molecular complexity index is 373. The molecule has 0 radical (unpaired) electrons. The number of hydrogen-bond donors (Lipinski definition) is 3. The fourth-order valence-corrected chi connectivity index (χ4v) is 1.15. The summed E-state index contributed by atoms with van der Waals surface area (Å²) < 4.78 is 0. The average molecular weight is 222 g/mol. The quantitative estimate of drug-likeness (QED) is 0.672. The van der Waals surface area contributed by atoms with E-state index in [-0.39, 0.29) is 25.4 Å². The van der Waals surface area contributed by atoms with Gasteiger partial charge >= 0.3 is 0 Å². The van der Waals surface area contributed by atoms with Gasteiger partial charge in [-0.1, -0.05) is 12.1 Å². The van der Waals surface area contributed by atoms with E-state index in [0.29, 0.717) is 5.69 Å². The summed E-state index contributed by atoms with van der Waals surface area (Å²) in [4.78, 5) is 21.8. The largest absolute Gasteiger partial charge is 0.392 e. The van der Waals surface area contributed by atoms with Crippen LogP contribution >= 0.6 is 0 Å². The Morgan fingerprint density at radius 2 is 1.81 bits per heavy atom. The SMILES string of the molecule is NC(=O)CCC(=O)Nc1ccc(CO)cc1. The van der Waals surface area contributed by atoms with Crippen molar-refractivity contribution in [2.45, 2.75) is 19.4 Å². The standard InChI is InChI=1S/C11H14N2O3/c12-10(15)5-6-11(16)13-9-3-1-8(7-14)2-4-9/h1-4,14H,5-7H2,(H2,12,15)(H,13,16).